The normalized spacial score (nSPS) is 19.0. The first-order valence-corrected chi connectivity index (χ1v) is 6.30. The summed E-state index contributed by atoms with van der Waals surface area (Å²) in [6, 6.07) is 1.01. The molecule has 0 aliphatic carbocycles. The predicted octanol–water partition coefficient (Wildman–Crippen LogP) is 0.528. The van der Waals surface area contributed by atoms with Crippen molar-refractivity contribution < 1.29 is 14.7 Å². The lowest BCUT2D eigenvalue weighted by molar-refractivity contribution is -0.126. The van der Waals surface area contributed by atoms with E-state index in [1.165, 1.54) is 23.4 Å². The fourth-order valence-corrected chi connectivity index (χ4v) is 2.34. The second-order valence-electron chi connectivity index (χ2n) is 4.52. The standard InChI is InChI=1S/C13H17N3O3/c1-14-12(18)10-4-2-3-7-16(10)13(19)9-5-6-15-8-11(9)17/h5-6,8,10,17H,2-4,7H2,1H3,(H,14,18). The van der Waals surface area contributed by atoms with Gasteiger partial charge >= 0.3 is 0 Å². The molecular formula is C13H17N3O3. The van der Waals surface area contributed by atoms with Crippen molar-refractivity contribution in [2.75, 3.05) is 13.6 Å². The molecule has 1 aromatic rings. The van der Waals surface area contributed by atoms with Crippen LogP contribution in [0.25, 0.3) is 0 Å². The van der Waals surface area contributed by atoms with Crippen LogP contribution in [0, 0.1) is 0 Å². The van der Waals surface area contributed by atoms with Crippen molar-refractivity contribution in [1.82, 2.24) is 15.2 Å². The number of carbonyl (C=O) groups is 2. The number of likely N-dealkylation sites (tertiary alicyclic amines) is 1. The molecule has 1 saturated heterocycles. The van der Waals surface area contributed by atoms with E-state index in [9.17, 15) is 14.7 Å². The molecule has 0 radical (unpaired) electrons. The van der Waals surface area contributed by atoms with Gasteiger partial charge in [0.1, 0.15) is 11.8 Å². The molecule has 6 heteroatoms. The van der Waals surface area contributed by atoms with Gasteiger partial charge in [0.05, 0.1) is 11.8 Å². The number of rotatable bonds is 2. The number of piperidine rings is 1. The maximum atomic E-state index is 12.4. The minimum Gasteiger partial charge on any atom is -0.505 e. The van der Waals surface area contributed by atoms with E-state index in [-0.39, 0.29) is 23.1 Å². The van der Waals surface area contributed by atoms with Gasteiger partial charge < -0.3 is 15.3 Å². The van der Waals surface area contributed by atoms with Gasteiger partial charge in [-0.05, 0) is 25.3 Å². The smallest absolute Gasteiger partial charge is 0.258 e. The Balaban J connectivity index is 2.25. The van der Waals surface area contributed by atoms with E-state index in [4.69, 9.17) is 0 Å². The van der Waals surface area contributed by atoms with Gasteiger partial charge in [0, 0.05) is 19.8 Å². The Labute approximate surface area is 111 Å². The van der Waals surface area contributed by atoms with E-state index in [0.717, 1.165) is 12.8 Å². The van der Waals surface area contributed by atoms with Crippen LogP contribution in [0.15, 0.2) is 18.5 Å². The number of hydrogen-bond acceptors (Lipinski definition) is 4. The van der Waals surface area contributed by atoms with Crippen LogP contribution >= 0.6 is 0 Å². The van der Waals surface area contributed by atoms with Crippen molar-refractivity contribution in [2.24, 2.45) is 0 Å². The number of aromatic nitrogens is 1. The van der Waals surface area contributed by atoms with Crippen molar-refractivity contribution >= 4 is 11.8 Å². The Bertz CT molecular complexity index is 490. The number of nitrogens with zero attached hydrogens (tertiary/aromatic N) is 2. The van der Waals surface area contributed by atoms with Gasteiger partial charge in [0.2, 0.25) is 5.91 Å². The highest BCUT2D eigenvalue weighted by Gasteiger charge is 2.32. The number of amides is 2. The molecule has 1 fully saturated rings. The van der Waals surface area contributed by atoms with Crippen LogP contribution in [0.5, 0.6) is 5.75 Å². The average Bonchev–Trinajstić information content (AvgIpc) is 2.46. The zero-order chi connectivity index (χ0) is 13.8. The predicted molar refractivity (Wildman–Crippen MR) is 68.6 cm³/mol. The summed E-state index contributed by atoms with van der Waals surface area (Å²) in [5.74, 6) is -0.650. The van der Waals surface area contributed by atoms with Crippen molar-refractivity contribution in [2.45, 2.75) is 25.3 Å². The molecule has 102 valence electrons. The summed E-state index contributed by atoms with van der Waals surface area (Å²) in [7, 11) is 1.56. The van der Waals surface area contributed by atoms with E-state index in [1.807, 2.05) is 0 Å². The van der Waals surface area contributed by atoms with Gasteiger partial charge in [-0.1, -0.05) is 0 Å². The molecule has 1 unspecified atom stereocenters. The Hall–Kier alpha value is -2.11. The molecule has 1 atom stereocenters. The molecule has 2 heterocycles. The zero-order valence-electron chi connectivity index (χ0n) is 10.8. The van der Waals surface area contributed by atoms with Gasteiger partial charge in [-0.2, -0.15) is 0 Å². The van der Waals surface area contributed by atoms with Gasteiger partial charge in [-0.15, -0.1) is 0 Å². The SMILES string of the molecule is CNC(=O)C1CCCCN1C(=O)c1ccncc1O. The molecule has 0 aromatic carbocycles. The van der Waals surface area contributed by atoms with Crippen LogP contribution in [0.2, 0.25) is 0 Å². The maximum absolute atomic E-state index is 12.4. The fraction of sp³-hybridized carbons (Fsp3) is 0.462. The van der Waals surface area contributed by atoms with Crippen LogP contribution in [-0.4, -0.2) is 46.4 Å². The van der Waals surface area contributed by atoms with Crippen LogP contribution < -0.4 is 5.32 Å². The molecule has 19 heavy (non-hydrogen) atoms. The summed E-state index contributed by atoms with van der Waals surface area (Å²) in [6.45, 7) is 0.526. The molecular weight excluding hydrogens is 246 g/mol. The highest BCUT2D eigenvalue weighted by Crippen LogP contribution is 2.23. The fourth-order valence-electron chi connectivity index (χ4n) is 2.34. The highest BCUT2D eigenvalue weighted by molar-refractivity contribution is 5.99. The minimum absolute atomic E-state index is 0.159. The summed E-state index contributed by atoms with van der Waals surface area (Å²) in [5.41, 5.74) is 0.186. The van der Waals surface area contributed by atoms with Crippen molar-refractivity contribution in [3.63, 3.8) is 0 Å². The quantitative estimate of drug-likeness (QED) is 0.815. The lowest BCUT2D eigenvalue weighted by atomic mass is 10.00. The molecule has 0 spiro atoms. The van der Waals surface area contributed by atoms with E-state index >= 15 is 0 Å². The first kappa shape index (κ1) is 13.3. The average molecular weight is 263 g/mol. The number of aromatic hydroxyl groups is 1. The van der Waals surface area contributed by atoms with Crippen molar-refractivity contribution in [3.8, 4) is 5.75 Å². The van der Waals surface area contributed by atoms with Gasteiger partial charge in [0.25, 0.3) is 5.91 Å². The minimum atomic E-state index is -0.459. The number of pyridine rings is 1. The van der Waals surface area contributed by atoms with Crippen molar-refractivity contribution in [1.29, 1.82) is 0 Å². The first-order valence-electron chi connectivity index (χ1n) is 6.30. The monoisotopic (exact) mass is 263 g/mol. The lowest BCUT2D eigenvalue weighted by Gasteiger charge is -2.34. The molecule has 0 bridgehead atoms. The van der Waals surface area contributed by atoms with E-state index in [2.05, 4.69) is 10.3 Å². The van der Waals surface area contributed by atoms with E-state index in [1.54, 1.807) is 7.05 Å². The Kier molecular flexibility index (Phi) is 3.99. The third-order valence-electron chi connectivity index (χ3n) is 3.34. The van der Waals surface area contributed by atoms with E-state index in [0.29, 0.717) is 13.0 Å². The molecule has 6 nitrogen and oxygen atoms in total. The third-order valence-corrected chi connectivity index (χ3v) is 3.34. The number of hydrogen-bond donors (Lipinski definition) is 2. The molecule has 2 amide bonds. The molecule has 0 saturated carbocycles. The molecule has 1 aliphatic heterocycles. The van der Waals surface area contributed by atoms with Gasteiger partial charge in [-0.25, -0.2) is 0 Å². The highest BCUT2D eigenvalue weighted by atomic mass is 16.3. The summed E-state index contributed by atoms with van der Waals surface area (Å²) < 4.78 is 0. The molecule has 2 rings (SSSR count). The second-order valence-corrected chi connectivity index (χ2v) is 4.52. The number of nitrogens with one attached hydrogen (secondary N) is 1. The third kappa shape index (κ3) is 2.67. The van der Waals surface area contributed by atoms with Crippen molar-refractivity contribution in [3.05, 3.63) is 24.0 Å². The summed E-state index contributed by atoms with van der Waals surface area (Å²) in [4.78, 5) is 29.5. The summed E-state index contributed by atoms with van der Waals surface area (Å²) >= 11 is 0. The zero-order valence-corrected chi connectivity index (χ0v) is 10.8. The van der Waals surface area contributed by atoms with Crippen LogP contribution in [0.1, 0.15) is 29.6 Å². The maximum Gasteiger partial charge on any atom is 0.258 e. The Morgan fingerprint density at radius 2 is 2.26 bits per heavy atom. The summed E-state index contributed by atoms with van der Waals surface area (Å²) in [6.07, 6.45) is 5.12. The Morgan fingerprint density at radius 3 is 2.95 bits per heavy atom. The van der Waals surface area contributed by atoms with Crippen LogP contribution in [0.4, 0.5) is 0 Å². The largest absolute Gasteiger partial charge is 0.505 e. The topological polar surface area (TPSA) is 82.5 Å². The van der Waals surface area contributed by atoms with Crippen LogP contribution in [0.3, 0.4) is 0 Å². The number of carbonyl (C=O) groups excluding carboxylic acids is 2. The molecule has 1 aromatic heterocycles. The van der Waals surface area contributed by atoms with Gasteiger partial charge in [0.15, 0.2) is 0 Å². The van der Waals surface area contributed by atoms with Gasteiger partial charge in [-0.3, -0.25) is 14.6 Å². The number of likely N-dealkylation sites (N-methyl/N-ethyl adjacent to an activating group) is 1. The second kappa shape index (κ2) is 5.69. The molecule has 1 aliphatic rings. The Morgan fingerprint density at radius 1 is 1.47 bits per heavy atom. The molecule has 2 N–H and O–H groups in total. The summed E-state index contributed by atoms with van der Waals surface area (Å²) in [5, 5.41) is 12.3. The lowest BCUT2D eigenvalue weighted by Crippen LogP contribution is -2.51. The van der Waals surface area contributed by atoms with Crippen LogP contribution in [-0.2, 0) is 4.79 Å². The first-order chi connectivity index (χ1) is 9.15. The van der Waals surface area contributed by atoms with E-state index < -0.39 is 6.04 Å².